The highest BCUT2D eigenvalue weighted by Gasteiger charge is 2.17. The highest BCUT2D eigenvalue weighted by molar-refractivity contribution is 5.95. The molecule has 21 heavy (non-hydrogen) atoms. The van der Waals surface area contributed by atoms with Gasteiger partial charge in [-0.15, -0.1) is 0 Å². The maximum absolute atomic E-state index is 12.0. The summed E-state index contributed by atoms with van der Waals surface area (Å²) in [5.74, 6) is -0.295. The van der Waals surface area contributed by atoms with Gasteiger partial charge in [-0.1, -0.05) is 0 Å². The number of aromatic nitrogens is 2. The molecular weight excluding hydrogens is 276 g/mol. The van der Waals surface area contributed by atoms with Gasteiger partial charge >= 0.3 is 5.69 Å². The van der Waals surface area contributed by atoms with Crippen LogP contribution in [0.1, 0.15) is 21.6 Å². The molecule has 2 rings (SSSR count). The van der Waals surface area contributed by atoms with Crippen LogP contribution in [-0.2, 0) is 6.54 Å². The van der Waals surface area contributed by atoms with Crippen LogP contribution in [0.5, 0.6) is 5.75 Å². The van der Waals surface area contributed by atoms with E-state index in [4.69, 9.17) is 4.74 Å². The summed E-state index contributed by atoms with van der Waals surface area (Å²) >= 11 is 0. The van der Waals surface area contributed by atoms with Crippen molar-refractivity contribution in [2.24, 2.45) is 0 Å². The van der Waals surface area contributed by atoms with Crippen LogP contribution in [0.2, 0.25) is 0 Å². The molecule has 0 unspecified atom stereocenters. The van der Waals surface area contributed by atoms with Crippen LogP contribution < -0.4 is 10.1 Å². The van der Waals surface area contributed by atoms with Gasteiger partial charge < -0.3 is 10.1 Å². The highest BCUT2D eigenvalue weighted by Crippen LogP contribution is 2.27. The van der Waals surface area contributed by atoms with Gasteiger partial charge in [0.1, 0.15) is 0 Å². The fourth-order valence-electron chi connectivity index (χ4n) is 1.80. The molecule has 1 aromatic carbocycles. The standard InChI is InChI=1S/C13H14N4O4/c1-8-10(7-15-16-8)6-14-13(18)9-3-4-11(17(19)20)12(5-9)21-2/h3-5,7H,6H2,1-2H3,(H,14,18)(H,15,16). The molecule has 0 fully saturated rings. The average Bonchev–Trinajstić information content (AvgIpc) is 2.89. The summed E-state index contributed by atoms with van der Waals surface area (Å²) in [6.07, 6.45) is 1.63. The van der Waals surface area contributed by atoms with Crippen molar-refractivity contribution in [2.75, 3.05) is 7.11 Å². The van der Waals surface area contributed by atoms with Crippen molar-refractivity contribution in [2.45, 2.75) is 13.5 Å². The number of carbonyl (C=O) groups is 1. The molecule has 0 saturated heterocycles. The maximum Gasteiger partial charge on any atom is 0.310 e. The molecule has 0 atom stereocenters. The number of hydrogen-bond acceptors (Lipinski definition) is 5. The number of methoxy groups -OCH3 is 1. The first kappa shape index (κ1) is 14.5. The van der Waals surface area contributed by atoms with E-state index in [2.05, 4.69) is 15.5 Å². The van der Waals surface area contributed by atoms with Gasteiger partial charge in [0.25, 0.3) is 5.91 Å². The third-order valence-corrected chi connectivity index (χ3v) is 3.01. The van der Waals surface area contributed by atoms with E-state index in [-0.39, 0.29) is 17.3 Å². The summed E-state index contributed by atoms with van der Waals surface area (Å²) in [4.78, 5) is 22.3. The molecule has 8 nitrogen and oxygen atoms in total. The SMILES string of the molecule is COc1cc(C(=O)NCc2cn[nH]c2C)ccc1[N+](=O)[O-]. The number of benzene rings is 1. The Morgan fingerprint density at radius 3 is 2.86 bits per heavy atom. The van der Waals surface area contributed by atoms with E-state index in [9.17, 15) is 14.9 Å². The molecule has 110 valence electrons. The minimum atomic E-state index is -0.560. The largest absolute Gasteiger partial charge is 0.490 e. The van der Waals surface area contributed by atoms with Crippen LogP contribution in [0.15, 0.2) is 24.4 Å². The van der Waals surface area contributed by atoms with Crippen LogP contribution in [0.4, 0.5) is 5.69 Å². The summed E-state index contributed by atoms with van der Waals surface area (Å²) in [5.41, 5.74) is 1.85. The zero-order valence-electron chi connectivity index (χ0n) is 11.5. The Bertz CT molecular complexity index is 681. The van der Waals surface area contributed by atoms with Crippen molar-refractivity contribution in [3.63, 3.8) is 0 Å². The van der Waals surface area contributed by atoms with Crippen LogP contribution in [0.25, 0.3) is 0 Å². The number of H-pyrrole nitrogens is 1. The molecule has 0 spiro atoms. The van der Waals surface area contributed by atoms with Gasteiger partial charge in [0.05, 0.1) is 18.2 Å². The Morgan fingerprint density at radius 2 is 2.29 bits per heavy atom. The lowest BCUT2D eigenvalue weighted by Gasteiger charge is -2.07. The molecule has 0 aliphatic carbocycles. The Balaban J connectivity index is 2.12. The van der Waals surface area contributed by atoms with Gasteiger partial charge in [0.15, 0.2) is 5.75 Å². The van der Waals surface area contributed by atoms with Gasteiger partial charge in [0, 0.05) is 35.5 Å². The molecule has 2 aromatic rings. The molecule has 1 amide bonds. The smallest absolute Gasteiger partial charge is 0.310 e. The Labute approximate surface area is 120 Å². The minimum absolute atomic E-state index is 0.0483. The van der Waals surface area contributed by atoms with Gasteiger partial charge in [-0.05, 0) is 13.0 Å². The molecule has 0 bridgehead atoms. The number of ether oxygens (including phenoxy) is 1. The van der Waals surface area contributed by atoms with E-state index >= 15 is 0 Å². The molecule has 0 aliphatic heterocycles. The zero-order chi connectivity index (χ0) is 15.4. The monoisotopic (exact) mass is 290 g/mol. The van der Waals surface area contributed by atoms with E-state index in [1.807, 2.05) is 6.92 Å². The summed E-state index contributed by atoms with van der Waals surface area (Å²) in [6, 6.07) is 3.98. The summed E-state index contributed by atoms with van der Waals surface area (Å²) in [7, 11) is 1.32. The van der Waals surface area contributed by atoms with Crippen molar-refractivity contribution in [1.82, 2.24) is 15.5 Å². The second-order valence-electron chi connectivity index (χ2n) is 4.35. The van der Waals surface area contributed by atoms with Gasteiger partial charge in [-0.2, -0.15) is 5.10 Å². The fourth-order valence-corrected chi connectivity index (χ4v) is 1.80. The number of hydrogen-bond donors (Lipinski definition) is 2. The summed E-state index contributed by atoms with van der Waals surface area (Å²) in [5, 5.41) is 20.1. The molecule has 0 radical (unpaired) electrons. The second kappa shape index (κ2) is 6.04. The molecule has 2 N–H and O–H groups in total. The van der Waals surface area contributed by atoms with Gasteiger partial charge in [-0.25, -0.2) is 0 Å². The third-order valence-electron chi connectivity index (χ3n) is 3.01. The summed E-state index contributed by atoms with van der Waals surface area (Å²) < 4.78 is 4.93. The average molecular weight is 290 g/mol. The Morgan fingerprint density at radius 1 is 1.52 bits per heavy atom. The Hall–Kier alpha value is -2.90. The number of nitrogens with one attached hydrogen (secondary N) is 2. The topological polar surface area (TPSA) is 110 Å². The van der Waals surface area contributed by atoms with Crippen LogP contribution in [0.3, 0.4) is 0 Å². The van der Waals surface area contributed by atoms with Crippen LogP contribution in [-0.4, -0.2) is 28.1 Å². The molecule has 8 heteroatoms. The van der Waals surface area contributed by atoms with Crippen molar-refractivity contribution >= 4 is 11.6 Å². The Kier molecular flexibility index (Phi) is 4.17. The quantitative estimate of drug-likeness (QED) is 0.641. The van der Waals surface area contributed by atoms with E-state index in [0.717, 1.165) is 11.3 Å². The fraction of sp³-hybridized carbons (Fsp3) is 0.231. The molecule has 0 aliphatic rings. The lowest BCUT2D eigenvalue weighted by molar-refractivity contribution is -0.385. The number of nitro benzene ring substituents is 1. The van der Waals surface area contributed by atoms with E-state index in [0.29, 0.717) is 12.1 Å². The number of nitrogens with zero attached hydrogens (tertiary/aromatic N) is 2. The van der Waals surface area contributed by atoms with Gasteiger partial charge in [0.2, 0.25) is 0 Å². The van der Waals surface area contributed by atoms with Crippen molar-refractivity contribution < 1.29 is 14.5 Å². The van der Waals surface area contributed by atoms with Crippen molar-refractivity contribution in [1.29, 1.82) is 0 Å². The lowest BCUT2D eigenvalue weighted by Crippen LogP contribution is -2.23. The highest BCUT2D eigenvalue weighted by atomic mass is 16.6. The summed E-state index contributed by atoms with van der Waals surface area (Å²) in [6.45, 7) is 2.17. The van der Waals surface area contributed by atoms with E-state index in [1.54, 1.807) is 6.20 Å². The number of rotatable bonds is 5. The number of aryl methyl sites for hydroxylation is 1. The van der Waals surface area contributed by atoms with Crippen molar-refractivity contribution in [3.05, 3.63) is 51.3 Å². The number of nitro groups is 1. The number of amides is 1. The van der Waals surface area contributed by atoms with Crippen molar-refractivity contribution in [3.8, 4) is 5.75 Å². The number of aromatic amines is 1. The normalized spacial score (nSPS) is 10.2. The van der Waals surface area contributed by atoms with E-state index < -0.39 is 4.92 Å². The second-order valence-corrected chi connectivity index (χ2v) is 4.35. The number of carbonyl (C=O) groups excluding carboxylic acids is 1. The molecule has 1 aromatic heterocycles. The first-order chi connectivity index (χ1) is 10.0. The molecular formula is C13H14N4O4. The van der Waals surface area contributed by atoms with E-state index in [1.165, 1.54) is 25.3 Å². The first-order valence-electron chi connectivity index (χ1n) is 6.12. The van der Waals surface area contributed by atoms with Gasteiger partial charge in [-0.3, -0.25) is 20.0 Å². The molecule has 0 saturated carbocycles. The predicted molar refractivity (Wildman–Crippen MR) is 74.1 cm³/mol. The van der Waals surface area contributed by atoms with Crippen LogP contribution >= 0.6 is 0 Å². The first-order valence-corrected chi connectivity index (χ1v) is 6.12. The zero-order valence-corrected chi connectivity index (χ0v) is 11.5. The predicted octanol–water partition coefficient (Wildman–Crippen LogP) is 1.56. The lowest BCUT2D eigenvalue weighted by atomic mass is 10.1. The maximum atomic E-state index is 12.0. The minimum Gasteiger partial charge on any atom is -0.490 e. The van der Waals surface area contributed by atoms with Crippen LogP contribution in [0, 0.1) is 17.0 Å². The third kappa shape index (κ3) is 3.16. The molecule has 1 heterocycles.